The van der Waals surface area contributed by atoms with Gasteiger partial charge in [0.05, 0.1) is 29.4 Å². The number of hydrogen-bond acceptors (Lipinski definition) is 3. The molecule has 1 fully saturated rings. The van der Waals surface area contributed by atoms with Crippen LogP contribution in [0, 0.1) is 5.92 Å². The fourth-order valence-corrected chi connectivity index (χ4v) is 5.46. The molecule has 3 heterocycles. The van der Waals surface area contributed by atoms with E-state index in [0.717, 1.165) is 25.3 Å². The van der Waals surface area contributed by atoms with E-state index in [1.54, 1.807) is 4.90 Å². The zero-order valence-electron chi connectivity index (χ0n) is 21.2. The van der Waals surface area contributed by atoms with E-state index in [0.29, 0.717) is 25.2 Å². The van der Waals surface area contributed by atoms with Gasteiger partial charge in [-0.05, 0) is 43.2 Å². The molecule has 7 nitrogen and oxygen atoms in total. The zero-order valence-corrected chi connectivity index (χ0v) is 21.2. The van der Waals surface area contributed by atoms with Crippen molar-refractivity contribution >= 4 is 17.8 Å². The molecule has 0 spiro atoms. The van der Waals surface area contributed by atoms with Gasteiger partial charge in [0.1, 0.15) is 6.04 Å². The van der Waals surface area contributed by atoms with E-state index in [9.17, 15) is 27.6 Å². The van der Waals surface area contributed by atoms with Crippen molar-refractivity contribution < 1.29 is 27.6 Å². The van der Waals surface area contributed by atoms with Gasteiger partial charge in [-0.25, -0.2) is 4.79 Å². The predicted octanol–water partition coefficient (Wildman–Crippen LogP) is 4.48. The third-order valence-electron chi connectivity index (χ3n) is 7.16. The number of hydrogen-bond donors (Lipinski definition) is 1. The lowest BCUT2D eigenvalue weighted by molar-refractivity contribution is -0.144. The van der Waals surface area contributed by atoms with Crippen molar-refractivity contribution in [2.24, 2.45) is 5.92 Å². The minimum Gasteiger partial charge on any atom is -0.341 e. The average molecular weight is 519 g/mol. The Bertz CT molecular complexity index is 1110. The van der Waals surface area contributed by atoms with Gasteiger partial charge in [0.25, 0.3) is 5.91 Å². The Morgan fingerprint density at radius 3 is 2.46 bits per heavy atom. The number of urea groups is 1. The molecule has 0 bridgehead atoms. The molecule has 200 valence electrons. The van der Waals surface area contributed by atoms with Crippen LogP contribution in [0.15, 0.2) is 48.2 Å². The summed E-state index contributed by atoms with van der Waals surface area (Å²) in [6, 6.07) is 2.27. The normalized spacial score (nSPS) is 21.4. The molecule has 3 aliphatic rings. The van der Waals surface area contributed by atoms with Crippen LogP contribution in [0.4, 0.5) is 18.0 Å². The first-order chi connectivity index (χ1) is 17.5. The molecule has 1 saturated heterocycles. The van der Waals surface area contributed by atoms with Crippen LogP contribution in [-0.2, 0) is 15.8 Å². The van der Waals surface area contributed by atoms with Gasteiger partial charge in [-0.1, -0.05) is 38.1 Å². The molecule has 0 saturated carbocycles. The Kier molecular flexibility index (Phi) is 7.66. The fraction of sp³-hybridized carbons (Fsp3) is 0.519. The molecule has 0 aromatic heterocycles. The van der Waals surface area contributed by atoms with Crippen LogP contribution in [-0.4, -0.2) is 64.8 Å². The fourth-order valence-electron chi connectivity index (χ4n) is 5.46. The van der Waals surface area contributed by atoms with E-state index in [1.165, 1.54) is 34.1 Å². The van der Waals surface area contributed by atoms with Gasteiger partial charge in [0.15, 0.2) is 0 Å². The molecular formula is C27H33F3N4O3. The van der Waals surface area contributed by atoms with Crippen LogP contribution in [0.5, 0.6) is 0 Å². The lowest BCUT2D eigenvalue weighted by atomic mass is 9.91. The van der Waals surface area contributed by atoms with Crippen LogP contribution >= 0.6 is 0 Å². The number of nitrogens with one attached hydrogen (secondary N) is 1. The molecule has 37 heavy (non-hydrogen) atoms. The number of carbonyl (C=O) groups excluding carboxylic acids is 3. The zero-order chi connectivity index (χ0) is 26.9. The Labute approximate surface area is 215 Å². The standard InChI is InChI=1S/C27H33F3N4O3/c1-4-12-33-21-16-34(20(15-17(2)3)24(35)32-13-8-5-9-14-32)25(36)22(21)23(31-26(33)37)18-10-6-7-11-19(18)27(28,29)30/h4,6-7,10-11,17,20,23H,1,5,8-9,12-16H2,2-3H3,(H,31,37)/t20-,23+/m1/s1. The number of rotatable bonds is 7. The smallest absolute Gasteiger partial charge is 0.341 e. The molecule has 0 aliphatic carbocycles. The van der Waals surface area contributed by atoms with Gasteiger partial charge in [0, 0.05) is 19.6 Å². The lowest BCUT2D eigenvalue weighted by Crippen LogP contribution is -2.51. The highest BCUT2D eigenvalue weighted by Gasteiger charge is 2.49. The summed E-state index contributed by atoms with van der Waals surface area (Å²) in [4.78, 5) is 45.2. The average Bonchev–Trinajstić information content (AvgIpc) is 3.20. The van der Waals surface area contributed by atoms with Crippen LogP contribution in [0.2, 0.25) is 0 Å². The molecule has 0 radical (unpaired) electrons. The van der Waals surface area contributed by atoms with E-state index in [1.807, 2.05) is 13.8 Å². The highest BCUT2D eigenvalue weighted by molar-refractivity contribution is 6.03. The maximum atomic E-state index is 14.0. The number of nitrogens with zero attached hydrogens (tertiary/aromatic N) is 3. The number of halogens is 3. The second-order valence-electron chi connectivity index (χ2n) is 10.2. The second-order valence-corrected chi connectivity index (χ2v) is 10.2. The molecule has 10 heteroatoms. The van der Waals surface area contributed by atoms with Gasteiger partial charge in [-0.2, -0.15) is 13.2 Å². The quantitative estimate of drug-likeness (QED) is 0.541. The number of benzene rings is 1. The van der Waals surface area contributed by atoms with Crippen molar-refractivity contribution in [3.05, 3.63) is 59.3 Å². The first-order valence-corrected chi connectivity index (χ1v) is 12.7. The monoisotopic (exact) mass is 518 g/mol. The topological polar surface area (TPSA) is 73.0 Å². The molecular weight excluding hydrogens is 485 g/mol. The van der Waals surface area contributed by atoms with Crippen LogP contribution in [0.25, 0.3) is 0 Å². The summed E-state index contributed by atoms with van der Waals surface area (Å²) in [7, 11) is 0. The van der Waals surface area contributed by atoms with Crippen molar-refractivity contribution in [3.63, 3.8) is 0 Å². The number of likely N-dealkylation sites (tertiary alicyclic amines) is 1. The first-order valence-electron chi connectivity index (χ1n) is 12.7. The van der Waals surface area contributed by atoms with E-state index in [-0.39, 0.29) is 36.1 Å². The van der Waals surface area contributed by atoms with Crippen LogP contribution in [0.3, 0.4) is 0 Å². The van der Waals surface area contributed by atoms with Crippen molar-refractivity contribution in [1.29, 1.82) is 0 Å². The number of carbonyl (C=O) groups is 3. The number of piperidine rings is 1. The third kappa shape index (κ3) is 5.24. The van der Waals surface area contributed by atoms with Gasteiger partial charge in [-0.3, -0.25) is 14.5 Å². The lowest BCUT2D eigenvalue weighted by Gasteiger charge is -2.35. The molecule has 3 aliphatic heterocycles. The Morgan fingerprint density at radius 1 is 1.16 bits per heavy atom. The first kappa shape index (κ1) is 26.8. The van der Waals surface area contributed by atoms with Gasteiger partial charge in [0.2, 0.25) is 5.91 Å². The Hall–Kier alpha value is -3.30. The molecule has 2 atom stereocenters. The van der Waals surface area contributed by atoms with Gasteiger partial charge >= 0.3 is 12.2 Å². The summed E-state index contributed by atoms with van der Waals surface area (Å²) in [6.07, 6.45) is 0.0587. The SMILES string of the molecule is C=CCN1C(=O)N[C@@H](c2ccccc2C(F)(F)F)C2=C1CN([C@H](CC(C)C)C(=O)N1CCCCC1)C2=O. The summed E-state index contributed by atoms with van der Waals surface area (Å²) in [5.74, 6) is -0.583. The summed E-state index contributed by atoms with van der Waals surface area (Å²) in [6.45, 7) is 8.88. The van der Waals surface area contributed by atoms with Gasteiger partial charge in [-0.15, -0.1) is 6.58 Å². The molecule has 1 aromatic rings. The van der Waals surface area contributed by atoms with Gasteiger partial charge < -0.3 is 15.1 Å². The van der Waals surface area contributed by atoms with Crippen molar-refractivity contribution in [2.75, 3.05) is 26.2 Å². The number of amides is 4. The van der Waals surface area contributed by atoms with Crippen LogP contribution < -0.4 is 5.32 Å². The van der Waals surface area contributed by atoms with Crippen LogP contribution in [0.1, 0.15) is 56.7 Å². The maximum absolute atomic E-state index is 14.0. The number of alkyl halides is 3. The van der Waals surface area contributed by atoms with E-state index < -0.39 is 35.8 Å². The predicted molar refractivity (Wildman–Crippen MR) is 132 cm³/mol. The summed E-state index contributed by atoms with van der Waals surface area (Å²) in [5, 5.41) is 2.61. The minimum absolute atomic E-state index is 0.0307. The molecule has 0 unspecified atom stereocenters. The summed E-state index contributed by atoms with van der Waals surface area (Å²) >= 11 is 0. The second kappa shape index (κ2) is 10.6. The van der Waals surface area contributed by atoms with Crippen molar-refractivity contribution in [2.45, 2.75) is 57.8 Å². The minimum atomic E-state index is -4.67. The van der Waals surface area contributed by atoms with E-state index in [4.69, 9.17) is 0 Å². The maximum Gasteiger partial charge on any atom is 0.416 e. The van der Waals surface area contributed by atoms with Crippen molar-refractivity contribution in [1.82, 2.24) is 20.0 Å². The molecule has 4 rings (SSSR count). The highest BCUT2D eigenvalue weighted by atomic mass is 19.4. The highest BCUT2D eigenvalue weighted by Crippen LogP contribution is 2.42. The molecule has 1 aromatic carbocycles. The summed E-state index contributed by atoms with van der Waals surface area (Å²) in [5.41, 5.74) is -0.736. The molecule has 4 amide bonds. The van der Waals surface area contributed by atoms with Crippen molar-refractivity contribution in [3.8, 4) is 0 Å². The Balaban J connectivity index is 1.77. The van der Waals surface area contributed by atoms with E-state index >= 15 is 0 Å². The summed E-state index contributed by atoms with van der Waals surface area (Å²) < 4.78 is 41.7. The largest absolute Gasteiger partial charge is 0.416 e. The molecule has 1 N–H and O–H groups in total. The Morgan fingerprint density at radius 2 is 1.84 bits per heavy atom. The third-order valence-corrected chi connectivity index (χ3v) is 7.16. The van der Waals surface area contributed by atoms with E-state index in [2.05, 4.69) is 11.9 Å².